The van der Waals surface area contributed by atoms with Gasteiger partial charge in [-0.25, -0.2) is 13.2 Å². The van der Waals surface area contributed by atoms with Crippen LogP contribution in [0.25, 0.3) is 0 Å². The van der Waals surface area contributed by atoms with Gasteiger partial charge in [0.05, 0.1) is 0 Å². The number of aliphatic hydroxyl groups is 2. The van der Waals surface area contributed by atoms with Crippen LogP contribution in [0.3, 0.4) is 0 Å². The second-order valence-corrected chi connectivity index (χ2v) is 6.42. The fourth-order valence-corrected chi connectivity index (χ4v) is 3.42. The number of piperidine rings is 1. The lowest BCUT2D eigenvalue weighted by Crippen LogP contribution is -2.70. The zero-order valence-electron chi connectivity index (χ0n) is 14.6. The van der Waals surface area contributed by atoms with E-state index in [9.17, 15) is 28.2 Å². The van der Waals surface area contributed by atoms with E-state index in [2.05, 4.69) is 5.32 Å². The summed E-state index contributed by atoms with van der Waals surface area (Å²) in [5.74, 6) is -0.722. The Labute approximate surface area is 150 Å². The lowest BCUT2D eigenvalue weighted by atomic mass is 9.87. The van der Waals surface area contributed by atoms with E-state index in [0.717, 1.165) is 10.5 Å². The minimum absolute atomic E-state index is 0.0204. The topological polar surface area (TPSA) is 72.8 Å². The van der Waals surface area contributed by atoms with E-state index in [1.54, 1.807) is 6.92 Å². The molecular formula is C18H25F3N2O3. The maximum absolute atomic E-state index is 14.2. The van der Waals surface area contributed by atoms with E-state index in [4.69, 9.17) is 0 Å². The number of carbonyl (C=O) groups is 1. The van der Waals surface area contributed by atoms with Crippen LogP contribution in [0.5, 0.6) is 0 Å². The van der Waals surface area contributed by atoms with Gasteiger partial charge in [-0.3, -0.25) is 9.69 Å². The average Bonchev–Trinajstić information content (AvgIpc) is 2.60. The lowest BCUT2D eigenvalue weighted by molar-refractivity contribution is -0.177. The standard InChI is InChI=1S/C18H25F3N2O3/c1-2-22-18(26)14-16(25)12(19)15(24)13(17(20)21)23(14)10-6-9-11-7-4-3-5-8-11/h3-5,7-8,12-17,24-25H,2,6,9-10H2,1H3,(H,22,26)/t12-,13+,14+,15+,16+/m1/s1. The van der Waals surface area contributed by atoms with Crippen LogP contribution in [0.15, 0.2) is 30.3 Å². The van der Waals surface area contributed by atoms with E-state index < -0.39 is 42.8 Å². The van der Waals surface area contributed by atoms with Crippen molar-refractivity contribution < 1.29 is 28.2 Å². The number of hydrogen-bond donors (Lipinski definition) is 3. The van der Waals surface area contributed by atoms with Crippen molar-refractivity contribution in [3.05, 3.63) is 35.9 Å². The molecule has 0 aromatic heterocycles. The zero-order valence-corrected chi connectivity index (χ0v) is 14.6. The maximum Gasteiger partial charge on any atom is 0.256 e. The number of aliphatic hydroxyl groups excluding tert-OH is 2. The Morgan fingerprint density at radius 3 is 2.46 bits per heavy atom. The highest BCUT2D eigenvalue weighted by molar-refractivity contribution is 5.82. The third-order valence-electron chi connectivity index (χ3n) is 4.67. The Kier molecular flexibility index (Phi) is 7.43. The molecule has 1 saturated heterocycles. The first-order valence-electron chi connectivity index (χ1n) is 8.74. The summed E-state index contributed by atoms with van der Waals surface area (Å²) in [4.78, 5) is 13.3. The fourth-order valence-electron chi connectivity index (χ4n) is 3.42. The maximum atomic E-state index is 14.2. The number of nitrogens with zero attached hydrogens (tertiary/aromatic N) is 1. The zero-order chi connectivity index (χ0) is 19.3. The van der Waals surface area contributed by atoms with Crippen molar-refractivity contribution in [2.75, 3.05) is 13.1 Å². The first-order valence-corrected chi connectivity index (χ1v) is 8.74. The van der Waals surface area contributed by atoms with Gasteiger partial charge in [-0.1, -0.05) is 30.3 Å². The van der Waals surface area contributed by atoms with Crippen LogP contribution in [0.1, 0.15) is 18.9 Å². The first-order chi connectivity index (χ1) is 12.4. The highest BCUT2D eigenvalue weighted by Gasteiger charge is 2.54. The molecule has 1 aromatic carbocycles. The molecule has 0 aliphatic carbocycles. The molecule has 8 heteroatoms. The van der Waals surface area contributed by atoms with E-state index in [0.29, 0.717) is 12.8 Å². The van der Waals surface area contributed by atoms with Gasteiger partial charge >= 0.3 is 0 Å². The molecule has 0 saturated carbocycles. The van der Waals surface area contributed by atoms with E-state index >= 15 is 0 Å². The van der Waals surface area contributed by atoms with Crippen molar-refractivity contribution in [3.63, 3.8) is 0 Å². The van der Waals surface area contributed by atoms with Gasteiger partial charge in [-0.05, 0) is 31.9 Å². The van der Waals surface area contributed by atoms with Gasteiger partial charge in [0.25, 0.3) is 6.43 Å². The minimum atomic E-state index is -3.05. The number of aryl methyl sites for hydroxylation is 1. The molecule has 3 N–H and O–H groups in total. The third-order valence-corrected chi connectivity index (χ3v) is 4.67. The lowest BCUT2D eigenvalue weighted by Gasteiger charge is -2.47. The average molecular weight is 374 g/mol. The summed E-state index contributed by atoms with van der Waals surface area (Å²) in [5.41, 5.74) is 0.997. The van der Waals surface area contributed by atoms with Gasteiger partial charge in [-0.2, -0.15) is 0 Å². The molecule has 1 aliphatic heterocycles. The summed E-state index contributed by atoms with van der Waals surface area (Å²) in [5, 5.41) is 22.5. The number of amides is 1. The third kappa shape index (κ3) is 4.55. The molecule has 5 atom stereocenters. The van der Waals surface area contributed by atoms with Crippen LogP contribution in [0, 0.1) is 0 Å². The van der Waals surface area contributed by atoms with Gasteiger partial charge in [-0.15, -0.1) is 0 Å². The molecule has 1 heterocycles. The molecule has 2 rings (SSSR count). The molecule has 26 heavy (non-hydrogen) atoms. The number of likely N-dealkylation sites (tertiary alicyclic amines) is 1. The number of hydrogen-bond acceptors (Lipinski definition) is 4. The highest BCUT2D eigenvalue weighted by Crippen LogP contribution is 2.30. The SMILES string of the molecule is CCNC(=O)[C@@H]1[C@@H](O)[C@H](F)[C@H](O)[C@@H](C(F)F)N1CCCc1ccccc1. The number of benzene rings is 1. The summed E-state index contributed by atoms with van der Waals surface area (Å²) >= 11 is 0. The summed E-state index contributed by atoms with van der Waals surface area (Å²) in [7, 11) is 0. The first kappa shape index (κ1) is 20.7. The number of carbonyl (C=O) groups excluding carboxylic acids is 1. The van der Waals surface area contributed by atoms with Gasteiger partial charge < -0.3 is 15.5 Å². The second-order valence-electron chi connectivity index (χ2n) is 6.42. The largest absolute Gasteiger partial charge is 0.388 e. The normalized spacial score (nSPS) is 29.7. The van der Waals surface area contributed by atoms with Crippen molar-refractivity contribution in [3.8, 4) is 0 Å². The second kappa shape index (κ2) is 9.34. The monoisotopic (exact) mass is 374 g/mol. The Bertz CT molecular complexity index is 576. The van der Waals surface area contributed by atoms with Crippen molar-refractivity contribution in [2.45, 2.75) is 56.7 Å². The van der Waals surface area contributed by atoms with Crippen molar-refractivity contribution >= 4 is 5.91 Å². The number of alkyl halides is 3. The van der Waals surface area contributed by atoms with E-state index in [1.807, 2.05) is 30.3 Å². The van der Waals surface area contributed by atoms with Crippen LogP contribution in [0.2, 0.25) is 0 Å². The Morgan fingerprint density at radius 1 is 1.23 bits per heavy atom. The molecule has 146 valence electrons. The molecule has 0 spiro atoms. The number of halogens is 3. The van der Waals surface area contributed by atoms with Gasteiger partial charge in [0.1, 0.15) is 24.3 Å². The predicted octanol–water partition coefficient (Wildman–Crippen LogP) is 1.13. The Balaban J connectivity index is 2.19. The van der Waals surface area contributed by atoms with Gasteiger partial charge in [0, 0.05) is 6.54 Å². The molecule has 0 unspecified atom stereocenters. The molecule has 1 amide bonds. The summed E-state index contributed by atoms with van der Waals surface area (Å²) < 4.78 is 41.2. The van der Waals surface area contributed by atoms with E-state index in [1.165, 1.54) is 0 Å². The summed E-state index contributed by atoms with van der Waals surface area (Å²) in [6.45, 7) is 1.88. The van der Waals surface area contributed by atoms with Crippen molar-refractivity contribution in [1.82, 2.24) is 10.2 Å². The summed E-state index contributed by atoms with van der Waals surface area (Å²) in [6, 6.07) is 6.04. The smallest absolute Gasteiger partial charge is 0.256 e. The predicted molar refractivity (Wildman–Crippen MR) is 90.6 cm³/mol. The number of likely N-dealkylation sites (N-methyl/N-ethyl adjacent to an activating group) is 1. The molecule has 0 radical (unpaired) electrons. The van der Waals surface area contributed by atoms with Crippen LogP contribution >= 0.6 is 0 Å². The van der Waals surface area contributed by atoms with Crippen LogP contribution in [0.4, 0.5) is 13.2 Å². The quantitative estimate of drug-likeness (QED) is 0.669. The fraction of sp³-hybridized carbons (Fsp3) is 0.611. The molecular weight excluding hydrogens is 349 g/mol. The Morgan fingerprint density at radius 2 is 1.88 bits per heavy atom. The van der Waals surface area contributed by atoms with Crippen molar-refractivity contribution in [2.24, 2.45) is 0 Å². The van der Waals surface area contributed by atoms with Crippen LogP contribution < -0.4 is 5.32 Å². The van der Waals surface area contributed by atoms with E-state index in [-0.39, 0.29) is 13.1 Å². The van der Waals surface area contributed by atoms with Gasteiger partial charge in [0.15, 0.2) is 6.17 Å². The van der Waals surface area contributed by atoms with Crippen LogP contribution in [-0.2, 0) is 11.2 Å². The minimum Gasteiger partial charge on any atom is -0.388 e. The molecule has 1 fully saturated rings. The van der Waals surface area contributed by atoms with Crippen molar-refractivity contribution in [1.29, 1.82) is 0 Å². The van der Waals surface area contributed by atoms with Crippen LogP contribution in [-0.4, -0.2) is 71.0 Å². The number of rotatable bonds is 7. The number of nitrogens with one attached hydrogen (secondary N) is 1. The molecule has 1 aliphatic rings. The molecule has 1 aromatic rings. The highest BCUT2D eigenvalue weighted by atomic mass is 19.3. The molecule has 5 nitrogen and oxygen atoms in total. The Hall–Kier alpha value is -1.64. The van der Waals surface area contributed by atoms with Gasteiger partial charge in [0.2, 0.25) is 5.91 Å². The summed E-state index contributed by atoms with van der Waals surface area (Å²) in [6.07, 6.45) is -8.31. The molecule has 0 bridgehead atoms.